The number of carbonyl (C=O) groups is 1. The Bertz CT molecular complexity index is 648. The maximum Gasteiger partial charge on any atom is 0.311 e. The van der Waals surface area contributed by atoms with Crippen molar-refractivity contribution >= 4 is 12.0 Å². The topological polar surface area (TPSA) is 87.3 Å². The van der Waals surface area contributed by atoms with E-state index in [1.165, 1.54) is 16.8 Å². The van der Waals surface area contributed by atoms with Gasteiger partial charge in [0.15, 0.2) is 6.29 Å². The Labute approximate surface area is 108 Å². The molecule has 1 aromatic heterocycles. The molecule has 98 valence electrons. The summed E-state index contributed by atoms with van der Waals surface area (Å²) in [5.74, 6) is 0.250. The van der Waals surface area contributed by atoms with Crippen LogP contribution in [-0.2, 0) is 7.05 Å². The molecule has 0 amide bonds. The van der Waals surface area contributed by atoms with E-state index < -0.39 is 4.92 Å². The van der Waals surface area contributed by atoms with Crippen molar-refractivity contribution in [3.8, 4) is 11.6 Å². The third kappa shape index (κ3) is 2.30. The minimum atomic E-state index is -0.543. The van der Waals surface area contributed by atoms with Crippen molar-refractivity contribution < 1.29 is 14.5 Å². The Hall–Kier alpha value is -2.70. The van der Waals surface area contributed by atoms with Crippen molar-refractivity contribution in [2.45, 2.75) is 6.92 Å². The fourth-order valence-electron chi connectivity index (χ4n) is 1.71. The monoisotopic (exact) mass is 261 g/mol. The molecule has 2 aromatic rings. The highest BCUT2D eigenvalue weighted by Crippen LogP contribution is 2.32. The number of hydrogen-bond donors (Lipinski definition) is 0. The van der Waals surface area contributed by atoms with E-state index in [2.05, 4.69) is 5.10 Å². The lowest BCUT2D eigenvalue weighted by atomic mass is 10.2. The first-order valence-corrected chi connectivity index (χ1v) is 5.44. The number of aryl methyl sites for hydroxylation is 2. The van der Waals surface area contributed by atoms with Crippen molar-refractivity contribution in [1.82, 2.24) is 9.78 Å². The summed E-state index contributed by atoms with van der Waals surface area (Å²) >= 11 is 0. The second kappa shape index (κ2) is 4.89. The number of rotatable bonds is 4. The fraction of sp³-hybridized carbons (Fsp3) is 0.167. The van der Waals surface area contributed by atoms with E-state index >= 15 is 0 Å². The average molecular weight is 261 g/mol. The third-order valence-corrected chi connectivity index (χ3v) is 2.60. The van der Waals surface area contributed by atoms with Gasteiger partial charge >= 0.3 is 5.69 Å². The van der Waals surface area contributed by atoms with Gasteiger partial charge in [-0.2, -0.15) is 5.10 Å². The molecule has 7 heteroatoms. The van der Waals surface area contributed by atoms with E-state index in [0.717, 1.165) is 0 Å². The Kier molecular flexibility index (Phi) is 3.28. The highest BCUT2D eigenvalue weighted by atomic mass is 16.6. The van der Waals surface area contributed by atoms with Crippen LogP contribution in [0.2, 0.25) is 0 Å². The Morgan fingerprint density at radius 3 is 2.74 bits per heavy atom. The van der Waals surface area contributed by atoms with Gasteiger partial charge in [0.05, 0.1) is 16.2 Å². The van der Waals surface area contributed by atoms with Crippen molar-refractivity contribution in [2.75, 3.05) is 0 Å². The number of nitro benzene ring substituents is 1. The number of nitrogens with zero attached hydrogens (tertiary/aromatic N) is 3. The summed E-state index contributed by atoms with van der Waals surface area (Å²) in [5.41, 5.74) is 0.616. The van der Waals surface area contributed by atoms with Crippen LogP contribution >= 0.6 is 0 Å². The standard InChI is InChI=1S/C12H11N3O4/c1-8-9(7-16)12(14(2)13-8)19-11-6-4-3-5-10(11)15(17)18/h3-7H,1-2H3. The molecule has 0 fully saturated rings. The van der Waals surface area contributed by atoms with Gasteiger partial charge in [0.25, 0.3) is 0 Å². The molecule has 7 nitrogen and oxygen atoms in total. The molecule has 0 saturated carbocycles. The summed E-state index contributed by atoms with van der Waals surface area (Å²) < 4.78 is 6.84. The van der Waals surface area contributed by atoms with Crippen LogP contribution in [0.4, 0.5) is 5.69 Å². The van der Waals surface area contributed by atoms with Gasteiger partial charge in [-0.15, -0.1) is 0 Å². The maximum absolute atomic E-state index is 11.0. The predicted octanol–water partition coefficient (Wildman–Crippen LogP) is 2.24. The molecule has 0 spiro atoms. The van der Waals surface area contributed by atoms with Crippen LogP contribution in [0.15, 0.2) is 24.3 Å². The number of para-hydroxylation sites is 2. The molecule has 0 atom stereocenters. The SMILES string of the molecule is Cc1nn(C)c(Oc2ccccc2[N+](=O)[O-])c1C=O. The maximum atomic E-state index is 11.0. The van der Waals surface area contributed by atoms with Gasteiger partial charge in [-0.05, 0) is 13.0 Å². The van der Waals surface area contributed by atoms with Crippen molar-refractivity contribution in [3.63, 3.8) is 0 Å². The van der Waals surface area contributed by atoms with Crippen molar-refractivity contribution in [1.29, 1.82) is 0 Å². The van der Waals surface area contributed by atoms with Crippen LogP contribution in [0.5, 0.6) is 11.6 Å². The van der Waals surface area contributed by atoms with Crippen LogP contribution in [-0.4, -0.2) is 21.0 Å². The summed E-state index contributed by atoms with van der Waals surface area (Å²) in [6.07, 6.45) is 0.617. The van der Waals surface area contributed by atoms with Crippen LogP contribution < -0.4 is 4.74 Å². The summed E-state index contributed by atoms with van der Waals surface area (Å²) in [6, 6.07) is 5.96. The lowest BCUT2D eigenvalue weighted by Crippen LogP contribution is -1.99. The van der Waals surface area contributed by atoms with Gasteiger partial charge in [-0.3, -0.25) is 14.9 Å². The second-order valence-electron chi connectivity index (χ2n) is 3.87. The number of nitro groups is 1. The van der Waals surface area contributed by atoms with E-state index in [-0.39, 0.29) is 22.9 Å². The average Bonchev–Trinajstić information content (AvgIpc) is 2.64. The molecule has 0 unspecified atom stereocenters. The molecule has 0 radical (unpaired) electrons. The number of ether oxygens (including phenoxy) is 1. The van der Waals surface area contributed by atoms with Gasteiger partial charge in [-0.25, -0.2) is 4.68 Å². The minimum Gasteiger partial charge on any atom is -0.431 e. The Morgan fingerprint density at radius 1 is 1.42 bits per heavy atom. The molecule has 0 saturated heterocycles. The fourth-order valence-corrected chi connectivity index (χ4v) is 1.71. The number of benzene rings is 1. The lowest BCUT2D eigenvalue weighted by molar-refractivity contribution is -0.385. The summed E-state index contributed by atoms with van der Waals surface area (Å²) in [4.78, 5) is 21.4. The summed E-state index contributed by atoms with van der Waals surface area (Å²) in [5, 5.41) is 14.9. The first-order valence-electron chi connectivity index (χ1n) is 5.44. The number of carbonyl (C=O) groups excluding carboxylic acids is 1. The summed E-state index contributed by atoms with van der Waals surface area (Å²) in [6.45, 7) is 1.66. The quantitative estimate of drug-likeness (QED) is 0.478. The van der Waals surface area contributed by atoms with E-state index in [9.17, 15) is 14.9 Å². The van der Waals surface area contributed by atoms with E-state index in [1.54, 1.807) is 26.1 Å². The van der Waals surface area contributed by atoms with Crippen LogP contribution in [0.25, 0.3) is 0 Å². The van der Waals surface area contributed by atoms with E-state index in [0.29, 0.717) is 12.0 Å². The third-order valence-electron chi connectivity index (χ3n) is 2.60. The number of hydrogen-bond acceptors (Lipinski definition) is 5. The van der Waals surface area contributed by atoms with Crippen molar-refractivity contribution in [3.05, 3.63) is 45.6 Å². The van der Waals surface area contributed by atoms with Crippen molar-refractivity contribution in [2.24, 2.45) is 7.05 Å². The highest BCUT2D eigenvalue weighted by Gasteiger charge is 2.20. The first kappa shape index (κ1) is 12.7. The molecular weight excluding hydrogens is 250 g/mol. The molecule has 0 aliphatic carbocycles. The molecule has 0 aliphatic rings. The molecular formula is C12H11N3O4. The zero-order valence-electron chi connectivity index (χ0n) is 10.4. The zero-order chi connectivity index (χ0) is 14.0. The lowest BCUT2D eigenvalue weighted by Gasteiger charge is -2.06. The van der Waals surface area contributed by atoms with E-state index in [4.69, 9.17) is 4.74 Å². The molecule has 0 N–H and O–H groups in total. The molecule has 2 rings (SSSR count). The first-order chi connectivity index (χ1) is 9.04. The van der Waals surface area contributed by atoms with Gasteiger partial charge in [0.1, 0.15) is 0 Å². The largest absolute Gasteiger partial charge is 0.431 e. The van der Waals surface area contributed by atoms with Crippen LogP contribution in [0, 0.1) is 17.0 Å². The van der Waals surface area contributed by atoms with Crippen LogP contribution in [0.3, 0.4) is 0 Å². The molecule has 0 bridgehead atoms. The Balaban J connectivity index is 2.47. The summed E-state index contributed by atoms with van der Waals surface area (Å²) in [7, 11) is 1.60. The normalized spacial score (nSPS) is 10.2. The molecule has 1 aromatic carbocycles. The molecule has 1 heterocycles. The smallest absolute Gasteiger partial charge is 0.311 e. The van der Waals surface area contributed by atoms with Gasteiger partial charge in [-0.1, -0.05) is 12.1 Å². The van der Waals surface area contributed by atoms with Crippen LogP contribution in [0.1, 0.15) is 16.1 Å². The molecule has 0 aliphatic heterocycles. The number of aldehydes is 1. The highest BCUT2D eigenvalue weighted by molar-refractivity contribution is 5.80. The van der Waals surface area contributed by atoms with E-state index in [1.807, 2.05) is 0 Å². The number of aromatic nitrogens is 2. The van der Waals surface area contributed by atoms with Gasteiger partial charge in [0.2, 0.25) is 11.6 Å². The minimum absolute atomic E-state index is 0.0681. The van der Waals surface area contributed by atoms with Gasteiger partial charge in [0, 0.05) is 13.1 Å². The molecule has 19 heavy (non-hydrogen) atoms. The Morgan fingerprint density at radius 2 is 2.11 bits per heavy atom. The van der Waals surface area contributed by atoms with Gasteiger partial charge < -0.3 is 4.74 Å². The second-order valence-corrected chi connectivity index (χ2v) is 3.87. The predicted molar refractivity (Wildman–Crippen MR) is 66.5 cm³/mol. The zero-order valence-corrected chi connectivity index (χ0v) is 10.4.